The van der Waals surface area contributed by atoms with Gasteiger partial charge in [-0.3, -0.25) is 0 Å². The highest BCUT2D eigenvalue weighted by Gasteiger charge is 2.22. The molecule has 0 saturated carbocycles. The number of para-hydroxylation sites is 2. The Morgan fingerprint density at radius 3 is 2.76 bits per heavy atom. The molecule has 5 nitrogen and oxygen atoms in total. The van der Waals surface area contributed by atoms with Crippen molar-refractivity contribution in [1.29, 1.82) is 0 Å². The van der Waals surface area contributed by atoms with Crippen LogP contribution in [0.1, 0.15) is 5.56 Å². The maximum Gasteiger partial charge on any atom is 0.181 e. The summed E-state index contributed by atoms with van der Waals surface area (Å²) in [6.07, 6.45) is -0.564. The van der Waals surface area contributed by atoms with Gasteiger partial charge in [0.15, 0.2) is 17.6 Å². The van der Waals surface area contributed by atoms with Gasteiger partial charge in [0.05, 0.1) is 13.2 Å². The van der Waals surface area contributed by atoms with Crippen LogP contribution >= 0.6 is 11.6 Å². The fraction of sp³-hybridized carbons (Fsp3) is 0.368. The molecule has 3 rings (SSSR count). The number of nitrogens with two attached hydrogens (primary N) is 1. The largest absolute Gasteiger partial charge is 0.486 e. The predicted molar refractivity (Wildman–Crippen MR) is 95.1 cm³/mol. The molecular weight excluding hydrogens is 342 g/mol. The number of rotatable bonds is 8. The van der Waals surface area contributed by atoms with Gasteiger partial charge >= 0.3 is 0 Å². The van der Waals surface area contributed by atoms with Gasteiger partial charge in [-0.15, -0.1) is 0 Å². The number of aliphatic hydroxyl groups excluding tert-OH is 1. The summed E-state index contributed by atoms with van der Waals surface area (Å²) in [6.45, 7) is 2.45. The Morgan fingerprint density at radius 1 is 1.16 bits per heavy atom. The molecule has 6 heteroatoms. The van der Waals surface area contributed by atoms with Crippen molar-refractivity contribution >= 4 is 11.6 Å². The minimum atomic E-state index is -0.542. The smallest absolute Gasteiger partial charge is 0.181 e. The topological polar surface area (TPSA) is 64.5 Å². The lowest BCUT2D eigenvalue weighted by molar-refractivity contribution is -0.666. The van der Waals surface area contributed by atoms with Crippen LogP contribution in [0.15, 0.2) is 48.5 Å². The van der Waals surface area contributed by atoms with Crippen molar-refractivity contribution in [2.45, 2.75) is 18.8 Å². The summed E-state index contributed by atoms with van der Waals surface area (Å²) in [5.41, 5.74) is 0.923. The zero-order chi connectivity index (χ0) is 17.5. The molecule has 2 aromatic carbocycles. The van der Waals surface area contributed by atoms with E-state index in [1.54, 1.807) is 0 Å². The monoisotopic (exact) mass is 364 g/mol. The van der Waals surface area contributed by atoms with Crippen molar-refractivity contribution in [1.82, 2.24) is 0 Å². The minimum Gasteiger partial charge on any atom is -0.486 e. The van der Waals surface area contributed by atoms with E-state index in [-0.39, 0.29) is 12.7 Å². The number of hydrogen-bond donors (Lipinski definition) is 2. The molecule has 1 heterocycles. The van der Waals surface area contributed by atoms with Crippen LogP contribution in [0.4, 0.5) is 0 Å². The molecule has 0 spiro atoms. The second-order valence-corrected chi connectivity index (χ2v) is 6.43. The number of quaternary nitrogens is 1. The molecule has 3 N–H and O–H groups in total. The molecule has 2 atom stereocenters. The Hall–Kier alpha value is -1.79. The molecule has 25 heavy (non-hydrogen) atoms. The predicted octanol–water partition coefficient (Wildman–Crippen LogP) is 1.62. The van der Waals surface area contributed by atoms with Crippen LogP contribution in [-0.4, -0.2) is 43.6 Å². The van der Waals surface area contributed by atoms with Crippen LogP contribution in [-0.2, 0) is 11.3 Å². The van der Waals surface area contributed by atoms with Gasteiger partial charge in [-0.25, -0.2) is 0 Å². The van der Waals surface area contributed by atoms with E-state index >= 15 is 0 Å². The first-order valence-corrected chi connectivity index (χ1v) is 8.79. The second kappa shape index (κ2) is 9.06. The molecule has 0 saturated heterocycles. The minimum absolute atomic E-state index is 0.0221. The number of ether oxygens (including phenoxy) is 3. The average Bonchev–Trinajstić information content (AvgIpc) is 2.63. The summed E-state index contributed by atoms with van der Waals surface area (Å²) in [7, 11) is 0. The van der Waals surface area contributed by atoms with E-state index in [0.29, 0.717) is 24.8 Å². The molecule has 0 unspecified atom stereocenters. The lowest BCUT2D eigenvalue weighted by Crippen LogP contribution is -2.89. The summed E-state index contributed by atoms with van der Waals surface area (Å²) in [6, 6.07) is 15.2. The number of halogens is 1. The number of benzene rings is 2. The van der Waals surface area contributed by atoms with Crippen molar-refractivity contribution in [3.8, 4) is 11.5 Å². The lowest BCUT2D eigenvalue weighted by atomic mass is 10.2. The SMILES string of the molecule is O[C@H](C[NH2+]C[C@H]1COc2ccccc2O1)COCc1ccccc1Cl. The van der Waals surface area contributed by atoms with Gasteiger partial charge in [0.25, 0.3) is 0 Å². The maximum atomic E-state index is 10.0. The maximum absolute atomic E-state index is 10.0. The van der Waals surface area contributed by atoms with Gasteiger partial charge in [-0.2, -0.15) is 0 Å². The summed E-state index contributed by atoms with van der Waals surface area (Å²) < 4.78 is 17.1. The normalized spacial score (nSPS) is 17.3. The summed E-state index contributed by atoms with van der Waals surface area (Å²) >= 11 is 6.07. The fourth-order valence-electron chi connectivity index (χ4n) is 2.64. The van der Waals surface area contributed by atoms with E-state index < -0.39 is 6.10 Å². The number of hydrogen-bond acceptors (Lipinski definition) is 4. The third-order valence-corrected chi connectivity index (χ3v) is 4.33. The molecule has 0 fully saturated rings. The average molecular weight is 365 g/mol. The lowest BCUT2D eigenvalue weighted by Gasteiger charge is -2.25. The van der Waals surface area contributed by atoms with Crippen molar-refractivity contribution in [3.05, 3.63) is 59.1 Å². The molecule has 134 valence electrons. The first-order chi connectivity index (χ1) is 12.2. The first-order valence-electron chi connectivity index (χ1n) is 8.41. The van der Waals surface area contributed by atoms with Gasteiger partial charge in [0, 0.05) is 5.02 Å². The summed E-state index contributed by atoms with van der Waals surface area (Å²) in [5, 5.41) is 12.7. The first kappa shape index (κ1) is 18.0. The standard InChI is InChI=1S/C19H22ClNO4/c20-17-6-2-1-5-14(17)11-23-12-15(22)9-21-10-16-13-24-18-7-3-4-8-19(18)25-16/h1-8,15-16,21-22H,9-13H2/p+1/t15-,16+/m1/s1. The van der Waals surface area contributed by atoms with E-state index in [4.69, 9.17) is 25.8 Å². The molecule has 0 radical (unpaired) electrons. The molecule has 2 aromatic rings. The summed E-state index contributed by atoms with van der Waals surface area (Å²) in [4.78, 5) is 0. The molecule has 0 amide bonds. The van der Waals surface area contributed by atoms with Gasteiger partial charge in [-0.1, -0.05) is 41.9 Å². The van der Waals surface area contributed by atoms with Crippen molar-refractivity contribution < 1.29 is 24.6 Å². The van der Waals surface area contributed by atoms with Crippen LogP contribution in [0.5, 0.6) is 11.5 Å². The summed E-state index contributed by atoms with van der Waals surface area (Å²) in [5.74, 6) is 1.56. The van der Waals surface area contributed by atoms with E-state index in [2.05, 4.69) is 0 Å². The van der Waals surface area contributed by atoms with Crippen LogP contribution in [0.3, 0.4) is 0 Å². The van der Waals surface area contributed by atoms with Gasteiger partial charge in [-0.05, 0) is 23.8 Å². The van der Waals surface area contributed by atoms with E-state index in [1.807, 2.05) is 53.8 Å². The van der Waals surface area contributed by atoms with Crippen LogP contribution in [0.2, 0.25) is 5.02 Å². The van der Waals surface area contributed by atoms with Crippen molar-refractivity contribution in [3.63, 3.8) is 0 Å². The van der Waals surface area contributed by atoms with Crippen LogP contribution in [0, 0.1) is 0 Å². The molecule has 0 bridgehead atoms. The fourth-order valence-corrected chi connectivity index (χ4v) is 2.83. The Kier molecular flexibility index (Phi) is 6.53. The number of fused-ring (bicyclic) bond motifs is 1. The zero-order valence-electron chi connectivity index (χ0n) is 13.9. The second-order valence-electron chi connectivity index (χ2n) is 6.02. The van der Waals surface area contributed by atoms with Crippen molar-refractivity contribution in [2.24, 2.45) is 0 Å². The Morgan fingerprint density at radius 2 is 1.92 bits per heavy atom. The quantitative estimate of drug-likeness (QED) is 0.747. The number of aliphatic hydroxyl groups is 1. The third-order valence-electron chi connectivity index (χ3n) is 3.96. The highest BCUT2D eigenvalue weighted by Crippen LogP contribution is 2.30. The Labute approximate surface area is 152 Å². The van der Waals surface area contributed by atoms with Gasteiger partial charge in [0.1, 0.15) is 25.8 Å². The zero-order valence-corrected chi connectivity index (χ0v) is 14.7. The molecular formula is C19H23ClNO4+. The van der Waals surface area contributed by atoms with Crippen molar-refractivity contribution in [2.75, 3.05) is 26.3 Å². The molecule has 1 aliphatic rings. The van der Waals surface area contributed by atoms with Crippen LogP contribution < -0.4 is 14.8 Å². The molecule has 0 aromatic heterocycles. The van der Waals surface area contributed by atoms with Crippen LogP contribution in [0.25, 0.3) is 0 Å². The van der Waals surface area contributed by atoms with Gasteiger partial charge < -0.3 is 24.6 Å². The van der Waals surface area contributed by atoms with E-state index in [1.165, 1.54) is 0 Å². The molecule has 1 aliphatic heterocycles. The van der Waals surface area contributed by atoms with E-state index in [0.717, 1.165) is 23.6 Å². The Balaban J connectivity index is 1.32. The Bertz CT molecular complexity index is 682. The highest BCUT2D eigenvalue weighted by molar-refractivity contribution is 6.31. The highest BCUT2D eigenvalue weighted by atomic mass is 35.5. The third kappa shape index (κ3) is 5.34. The van der Waals surface area contributed by atoms with E-state index in [9.17, 15) is 5.11 Å². The van der Waals surface area contributed by atoms with Gasteiger partial charge in [0.2, 0.25) is 0 Å². The molecule has 0 aliphatic carbocycles.